The van der Waals surface area contributed by atoms with Crippen molar-refractivity contribution in [3.05, 3.63) is 47.8 Å². The van der Waals surface area contributed by atoms with E-state index in [2.05, 4.69) is 5.32 Å². The van der Waals surface area contributed by atoms with Crippen molar-refractivity contribution in [2.24, 2.45) is 5.14 Å². The molecule has 0 amide bonds. The van der Waals surface area contributed by atoms with Crippen LogP contribution in [0.3, 0.4) is 0 Å². The standard InChI is InChI=1S/C14H17N3O5S/c1-16-9-22-8-10-2-4-11(5-3-10)12-6-7-17(23(15,20)21)13(12)14(18)19/h2-7,16H,8-9H2,1H3,(H,18,19)(H2,15,20,21). The van der Waals surface area contributed by atoms with Gasteiger partial charge in [0.2, 0.25) is 0 Å². The number of hydrogen-bond donors (Lipinski definition) is 3. The fourth-order valence-electron chi connectivity index (χ4n) is 2.12. The Morgan fingerprint density at radius 1 is 1.30 bits per heavy atom. The monoisotopic (exact) mass is 339 g/mol. The van der Waals surface area contributed by atoms with Crippen molar-refractivity contribution in [3.63, 3.8) is 0 Å². The molecular formula is C14H17N3O5S. The lowest BCUT2D eigenvalue weighted by Gasteiger charge is -2.07. The molecule has 1 aromatic carbocycles. The Balaban J connectivity index is 2.35. The average molecular weight is 339 g/mol. The lowest BCUT2D eigenvalue weighted by atomic mass is 10.0. The van der Waals surface area contributed by atoms with E-state index >= 15 is 0 Å². The number of hydrogen-bond acceptors (Lipinski definition) is 5. The first-order chi connectivity index (χ1) is 10.8. The van der Waals surface area contributed by atoms with E-state index in [9.17, 15) is 18.3 Å². The minimum Gasteiger partial charge on any atom is -0.477 e. The number of carboxylic acids is 1. The van der Waals surface area contributed by atoms with Gasteiger partial charge in [-0.3, -0.25) is 5.32 Å². The van der Waals surface area contributed by atoms with Gasteiger partial charge in [0.25, 0.3) is 0 Å². The number of rotatable bonds is 7. The summed E-state index contributed by atoms with van der Waals surface area (Å²) in [4.78, 5) is 11.4. The quantitative estimate of drug-likeness (QED) is 0.501. The molecule has 23 heavy (non-hydrogen) atoms. The first kappa shape index (κ1) is 17.2. The molecule has 0 aliphatic rings. The van der Waals surface area contributed by atoms with Crippen molar-refractivity contribution < 1.29 is 23.1 Å². The van der Waals surface area contributed by atoms with E-state index < -0.39 is 21.9 Å². The summed E-state index contributed by atoms with van der Waals surface area (Å²) in [5.74, 6) is -1.37. The summed E-state index contributed by atoms with van der Waals surface area (Å²) in [6.45, 7) is 0.827. The SMILES string of the molecule is CNCOCc1ccc(-c2ccn(S(N)(=O)=O)c2C(=O)O)cc1. The lowest BCUT2D eigenvalue weighted by molar-refractivity contribution is 0.0690. The maximum Gasteiger partial charge on any atom is 0.354 e. The Bertz CT molecular complexity index is 796. The molecule has 0 spiro atoms. The fourth-order valence-corrected chi connectivity index (χ4v) is 2.78. The molecule has 1 aromatic heterocycles. The highest BCUT2D eigenvalue weighted by Crippen LogP contribution is 2.26. The number of benzene rings is 1. The molecule has 0 unspecified atom stereocenters. The molecule has 1 heterocycles. The van der Waals surface area contributed by atoms with Crippen LogP contribution in [0, 0.1) is 0 Å². The Labute approximate surface area is 133 Å². The van der Waals surface area contributed by atoms with E-state index in [0.717, 1.165) is 11.8 Å². The highest BCUT2D eigenvalue weighted by molar-refractivity contribution is 7.87. The zero-order chi connectivity index (χ0) is 17.0. The summed E-state index contributed by atoms with van der Waals surface area (Å²) in [6.07, 6.45) is 1.12. The van der Waals surface area contributed by atoms with Crippen LogP contribution < -0.4 is 10.5 Å². The van der Waals surface area contributed by atoms with E-state index in [1.807, 2.05) is 0 Å². The van der Waals surface area contributed by atoms with E-state index in [1.54, 1.807) is 31.3 Å². The molecule has 8 nitrogen and oxygen atoms in total. The second-order valence-corrected chi connectivity index (χ2v) is 6.19. The van der Waals surface area contributed by atoms with Crippen LogP contribution in [0.4, 0.5) is 0 Å². The molecule has 0 saturated heterocycles. The number of nitrogens with one attached hydrogen (secondary N) is 1. The average Bonchev–Trinajstić information content (AvgIpc) is 2.93. The largest absolute Gasteiger partial charge is 0.477 e. The van der Waals surface area contributed by atoms with Gasteiger partial charge in [0, 0.05) is 11.8 Å². The van der Waals surface area contributed by atoms with E-state index in [-0.39, 0.29) is 5.56 Å². The molecule has 0 atom stereocenters. The molecule has 0 fully saturated rings. The zero-order valence-corrected chi connectivity index (χ0v) is 13.2. The van der Waals surface area contributed by atoms with Crippen molar-refractivity contribution in [1.29, 1.82) is 0 Å². The molecule has 0 radical (unpaired) electrons. The minimum absolute atomic E-state index is 0.272. The first-order valence-electron chi connectivity index (χ1n) is 6.64. The Hall–Kier alpha value is -2.20. The predicted octanol–water partition coefficient (Wildman–Crippen LogP) is 0.598. The van der Waals surface area contributed by atoms with Crippen molar-refractivity contribution in [2.75, 3.05) is 13.8 Å². The van der Waals surface area contributed by atoms with Gasteiger partial charge in [-0.05, 0) is 24.2 Å². The smallest absolute Gasteiger partial charge is 0.354 e. The lowest BCUT2D eigenvalue weighted by Crippen LogP contribution is -2.24. The normalized spacial score (nSPS) is 11.6. The van der Waals surface area contributed by atoms with E-state index in [1.165, 1.54) is 6.07 Å². The van der Waals surface area contributed by atoms with Crippen LogP contribution in [0.1, 0.15) is 16.1 Å². The topological polar surface area (TPSA) is 124 Å². The fraction of sp³-hybridized carbons (Fsp3) is 0.214. The molecule has 0 saturated carbocycles. The molecule has 2 aromatic rings. The molecular weight excluding hydrogens is 322 g/mol. The third-order valence-electron chi connectivity index (χ3n) is 3.11. The van der Waals surface area contributed by atoms with Gasteiger partial charge in [-0.25, -0.2) is 13.9 Å². The molecule has 4 N–H and O–H groups in total. The summed E-state index contributed by atoms with van der Waals surface area (Å²) in [5.41, 5.74) is 1.36. The Morgan fingerprint density at radius 2 is 1.96 bits per heavy atom. The summed E-state index contributed by atoms with van der Waals surface area (Å²) >= 11 is 0. The van der Waals surface area contributed by atoms with Crippen molar-refractivity contribution in [3.8, 4) is 11.1 Å². The van der Waals surface area contributed by atoms with Crippen LogP contribution in [0.15, 0.2) is 36.5 Å². The van der Waals surface area contributed by atoms with Crippen LogP contribution in [-0.2, 0) is 21.6 Å². The highest BCUT2D eigenvalue weighted by atomic mass is 32.2. The van der Waals surface area contributed by atoms with Gasteiger partial charge in [-0.2, -0.15) is 8.42 Å². The molecule has 0 aliphatic carbocycles. The van der Waals surface area contributed by atoms with Gasteiger partial charge in [-0.15, -0.1) is 0 Å². The zero-order valence-electron chi connectivity index (χ0n) is 12.4. The minimum atomic E-state index is -4.18. The van der Waals surface area contributed by atoms with Crippen LogP contribution in [-0.4, -0.2) is 37.2 Å². The Morgan fingerprint density at radius 3 is 2.48 bits per heavy atom. The summed E-state index contributed by atoms with van der Waals surface area (Å²) < 4.78 is 28.8. The molecule has 124 valence electrons. The Kier molecular flexibility index (Phi) is 5.16. The van der Waals surface area contributed by atoms with Crippen LogP contribution in [0.2, 0.25) is 0 Å². The van der Waals surface area contributed by atoms with E-state index in [0.29, 0.717) is 22.9 Å². The molecule has 0 bridgehead atoms. The van der Waals surface area contributed by atoms with E-state index in [4.69, 9.17) is 9.88 Å². The van der Waals surface area contributed by atoms with Crippen LogP contribution >= 0.6 is 0 Å². The number of aromatic carboxylic acids is 1. The predicted molar refractivity (Wildman–Crippen MR) is 84.0 cm³/mol. The second kappa shape index (κ2) is 6.92. The summed E-state index contributed by atoms with van der Waals surface area (Å²) in [6, 6.07) is 8.37. The van der Waals surface area contributed by atoms with Crippen LogP contribution in [0.5, 0.6) is 0 Å². The van der Waals surface area contributed by atoms with Gasteiger partial charge in [0.1, 0.15) is 0 Å². The van der Waals surface area contributed by atoms with Crippen molar-refractivity contribution in [2.45, 2.75) is 6.61 Å². The van der Waals surface area contributed by atoms with Crippen molar-refractivity contribution >= 4 is 16.2 Å². The summed E-state index contributed by atoms with van der Waals surface area (Å²) in [7, 11) is -2.41. The number of ether oxygens (including phenoxy) is 1. The number of carbonyl (C=O) groups is 1. The number of nitrogens with zero attached hydrogens (tertiary/aromatic N) is 1. The molecule has 2 rings (SSSR count). The first-order valence-corrected chi connectivity index (χ1v) is 8.14. The number of nitrogens with two attached hydrogens (primary N) is 1. The number of carboxylic acid groups (broad SMARTS) is 1. The maximum absolute atomic E-state index is 11.5. The molecule has 0 aliphatic heterocycles. The number of aromatic nitrogens is 1. The summed E-state index contributed by atoms with van der Waals surface area (Å²) in [5, 5.41) is 17.2. The highest BCUT2D eigenvalue weighted by Gasteiger charge is 2.22. The maximum atomic E-state index is 11.5. The van der Waals surface area contributed by atoms with Gasteiger partial charge in [0.15, 0.2) is 5.69 Å². The van der Waals surface area contributed by atoms with Gasteiger partial charge in [0.05, 0.1) is 13.3 Å². The second-order valence-electron chi connectivity index (χ2n) is 4.77. The molecule has 9 heteroatoms. The van der Waals surface area contributed by atoms with Crippen molar-refractivity contribution in [1.82, 2.24) is 9.29 Å². The third-order valence-corrected chi connectivity index (χ3v) is 3.96. The van der Waals surface area contributed by atoms with Gasteiger partial charge in [-0.1, -0.05) is 24.3 Å². The third kappa shape index (κ3) is 3.96. The van der Waals surface area contributed by atoms with Crippen LogP contribution in [0.25, 0.3) is 11.1 Å². The van der Waals surface area contributed by atoms with Gasteiger partial charge >= 0.3 is 16.2 Å². The van der Waals surface area contributed by atoms with Gasteiger partial charge < -0.3 is 9.84 Å².